The molecule has 1 aromatic carbocycles. The molecule has 21 heavy (non-hydrogen) atoms. The van der Waals surface area contributed by atoms with Gasteiger partial charge in [0.1, 0.15) is 11.6 Å². The summed E-state index contributed by atoms with van der Waals surface area (Å²) in [4.78, 5) is 8.47. The minimum absolute atomic E-state index is 0.126. The summed E-state index contributed by atoms with van der Waals surface area (Å²) >= 11 is 0. The predicted octanol–water partition coefficient (Wildman–Crippen LogP) is 3.54. The van der Waals surface area contributed by atoms with Crippen LogP contribution in [0, 0.1) is 6.92 Å². The highest BCUT2D eigenvalue weighted by atomic mass is 19.4. The fraction of sp³-hybridized carbons (Fsp3) is 0.286. The van der Waals surface area contributed by atoms with Crippen LogP contribution in [0.2, 0.25) is 0 Å². The zero-order chi connectivity index (χ0) is 15.6. The van der Waals surface area contributed by atoms with Gasteiger partial charge in [0.05, 0.1) is 0 Å². The molecule has 112 valence electrons. The number of rotatable bonds is 3. The van der Waals surface area contributed by atoms with Gasteiger partial charge >= 0.3 is 6.18 Å². The summed E-state index contributed by atoms with van der Waals surface area (Å²) in [6, 6.07) is 8.74. The fourth-order valence-electron chi connectivity index (χ4n) is 1.92. The first kappa shape index (κ1) is 15.1. The third-order valence-corrected chi connectivity index (χ3v) is 2.92. The van der Waals surface area contributed by atoms with E-state index >= 15 is 0 Å². The van der Waals surface area contributed by atoms with Crippen LogP contribution in [0.4, 0.5) is 30.5 Å². The molecule has 0 saturated carbocycles. The Hall–Kier alpha value is -2.31. The fourth-order valence-corrected chi connectivity index (χ4v) is 1.92. The molecule has 2 rings (SSSR count). The summed E-state index contributed by atoms with van der Waals surface area (Å²) in [5.41, 5.74) is 7.28. The lowest BCUT2D eigenvalue weighted by Gasteiger charge is -2.23. The normalized spacial score (nSPS) is 11.5. The van der Waals surface area contributed by atoms with Crippen molar-refractivity contribution in [2.45, 2.75) is 20.0 Å². The molecule has 0 amide bonds. The Balaban J connectivity index is 2.47. The molecule has 0 aliphatic heterocycles. The van der Waals surface area contributed by atoms with Gasteiger partial charge in [-0.25, -0.2) is 9.97 Å². The van der Waals surface area contributed by atoms with Gasteiger partial charge in [-0.15, -0.1) is 0 Å². The summed E-state index contributed by atoms with van der Waals surface area (Å²) in [7, 11) is 0. The second kappa shape index (κ2) is 5.59. The number of alkyl halides is 3. The number of anilines is 3. The summed E-state index contributed by atoms with van der Waals surface area (Å²) in [5, 5.41) is 0. The summed E-state index contributed by atoms with van der Waals surface area (Å²) in [6.07, 6.45) is -4.63. The van der Waals surface area contributed by atoms with E-state index < -0.39 is 12.0 Å². The van der Waals surface area contributed by atoms with Crippen molar-refractivity contribution >= 4 is 17.3 Å². The first-order valence-corrected chi connectivity index (χ1v) is 6.37. The number of aryl methyl sites for hydroxylation is 1. The summed E-state index contributed by atoms with van der Waals surface area (Å²) < 4.78 is 38.3. The SMILES string of the molecule is CCN(c1ccc(C)cc1)c1cc(N)nc(C(F)(F)F)n1. The molecule has 2 N–H and O–H groups in total. The lowest BCUT2D eigenvalue weighted by Crippen LogP contribution is -2.21. The van der Waals surface area contributed by atoms with Gasteiger partial charge in [0, 0.05) is 18.3 Å². The van der Waals surface area contributed by atoms with Crippen LogP contribution in [0.15, 0.2) is 30.3 Å². The van der Waals surface area contributed by atoms with Crippen molar-refractivity contribution < 1.29 is 13.2 Å². The third kappa shape index (κ3) is 3.42. The molecule has 0 unspecified atom stereocenters. The molecule has 1 aromatic heterocycles. The maximum atomic E-state index is 12.8. The number of nitrogens with zero attached hydrogens (tertiary/aromatic N) is 3. The van der Waals surface area contributed by atoms with E-state index in [1.165, 1.54) is 6.07 Å². The van der Waals surface area contributed by atoms with Gasteiger partial charge in [0.25, 0.3) is 0 Å². The van der Waals surface area contributed by atoms with Gasteiger partial charge in [0.15, 0.2) is 0 Å². The topological polar surface area (TPSA) is 55.0 Å². The number of aromatic nitrogens is 2. The first-order valence-electron chi connectivity index (χ1n) is 6.37. The lowest BCUT2D eigenvalue weighted by molar-refractivity contribution is -0.144. The minimum Gasteiger partial charge on any atom is -0.384 e. The molecule has 0 fully saturated rings. The number of hydrogen-bond acceptors (Lipinski definition) is 4. The molecule has 0 spiro atoms. The van der Waals surface area contributed by atoms with E-state index in [-0.39, 0.29) is 11.6 Å². The van der Waals surface area contributed by atoms with Crippen molar-refractivity contribution in [2.75, 3.05) is 17.2 Å². The second-order valence-corrected chi connectivity index (χ2v) is 4.55. The molecule has 0 atom stereocenters. The third-order valence-electron chi connectivity index (χ3n) is 2.92. The molecule has 0 aliphatic carbocycles. The average molecular weight is 296 g/mol. The Kier molecular flexibility index (Phi) is 4.02. The highest BCUT2D eigenvalue weighted by Gasteiger charge is 2.35. The van der Waals surface area contributed by atoms with Crippen LogP contribution < -0.4 is 10.6 Å². The molecule has 0 radical (unpaired) electrons. The van der Waals surface area contributed by atoms with Crippen LogP contribution >= 0.6 is 0 Å². The second-order valence-electron chi connectivity index (χ2n) is 4.55. The van der Waals surface area contributed by atoms with E-state index in [1.54, 1.807) is 4.90 Å². The molecule has 0 saturated heterocycles. The van der Waals surface area contributed by atoms with E-state index in [0.29, 0.717) is 6.54 Å². The molecular formula is C14H15F3N4. The van der Waals surface area contributed by atoms with Crippen molar-refractivity contribution in [3.63, 3.8) is 0 Å². The van der Waals surface area contributed by atoms with E-state index in [2.05, 4.69) is 9.97 Å². The maximum absolute atomic E-state index is 12.8. The number of halogens is 3. The van der Waals surface area contributed by atoms with E-state index in [9.17, 15) is 13.2 Å². The van der Waals surface area contributed by atoms with Crippen LogP contribution in [0.1, 0.15) is 18.3 Å². The molecule has 7 heteroatoms. The first-order chi connectivity index (χ1) is 9.81. The standard InChI is InChI=1S/C14H15F3N4/c1-3-21(10-6-4-9(2)5-7-10)12-8-11(18)19-13(20-12)14(15,16)17/h4-8H,3H2,1-2H3,(H2,18,19,20). The van der Waals surface area contributed by atoms with Crippen molar-refractivity contribution in [1.82, 2.24) is 9.97 Å². The quantitative estimate of drug-likeness (QED) is 0.941. The monoisotopic (exact) mass is 296 g/mol. The van der Waals surface area contributed by atoms with Gasteiger partial charge in [-0.1, -0.05) is 17.7 Å². The van der Waals surface area contributed by atoms with Crippen LogP contribution in [0.25, 0.3) is 0 Å². The molecule has 0 aliphatic rings. The highest BCUT2D eigenvalue weighted by molar-refractivity contribution is 5.62. The van der Waals surface area contributed by atoms with Crippen molar-refractivity contribution in [2.24, 2.45) is 0 Å². The summed E-state index contributed by atoms with van der Waals surface area (Å²) in [6.45, 7) is 4.22. The minimum atomic E-state index is -4.63. The largest absolute Gasteiger partial charge is 0.451 e. The molecular weight excluding hydrogens is 281 g/mol. The highest BCUT2D eigenvalue weighted by Crippen LogP contribution is 2.30. The lowest BCUT2D eigenvalue weighted by atomic mass is 10.2. The van der Waals surface area contributed by atoms with E-state index in [4.69, 9.17) is 5.73 Å². The van der Waals surface area contributed by atoms with E-state index in [1.807, 2.05) is 38.1 Å². The molecule has 2 aromatic rings. The van der Waals surface area contributed by atoms with Crippen LogP contribution in [0.5, 0.6) is 0 Å². The van der Waals surface area contributed by atoms with Gasteiger partial charge in [0.2, 0.25) is 5.82 Å². The average Bonchev–Trinajstić information content (AvgIpc) is 2.40. The smallest absolute Gasteiger partial charge is 0.384 e. The van der Waals surface area contributed by atoms with Crippen LogP contribution in [-0.2, 0) is 6.18 Å². The van der Waals surface area contributed by atoms with Gasteiger partial charge in [-0.2, -0.15) is 13.2 Å². The zero-order valence-electron chi connectivity index (χ0n) is 11.6. The van der Waals surface area contributed by atoms with Gasteiger partial charge < -0.3 is 10.6 Å². The Morgan fingerprint density at radius 2 is 1.76 bits per heavy atom. The Labute approximate surface area is 120 Å². The number of hydrogen-bond donors (Lipinski definition) is 1. The van der Waals surface area contributed by atoms with Gasteiger partial charge in [-0.3, -0.25) is 0 Å². The Morgan fingerprint density at radius 3 is 2.29 bits per heavy atom. The van der Waals surface area contributed by atoms with Crippen molar-refractivity contribution in [3.8, 4) is 0 Å². The molecule has 1 heterocycles. The molecule has 4 nitrogen and oxygen atoms in total. The Bertz CT molecular complexity index is 623. The Morgan fingerprint density at radius 1 is 1.14 bits per heavy atom. The maximum Gasteiger partial charge on any atom is 0.451 e. The number of benzene rings is 1. The van der Waals surface area contributed by atoms with Crippen LogP contribution in [-0.4, -0.2) is 16.5 Å². The number of nitrogen functional groups attached to an aromatic ring is 1. The molecule has 0 bridgehead atoms. The zero-order valence-corrected chi connectivity index (χ0v) is 11.6. The summed E-state index contributed by atoms with van der Waals surface area (Å²) in [5.74, 6) is -1.32. The van der Waals surface area contributed by atoms with Crippen LogP contribution in [0.3, 0.4) is 0 Å². The van der Waals surface area contributed by atoms with Crippen molar-refractivity contribution in [1.29, 1.82) is 0 Å². The number of nitrogens with two attached hydrogens (primary N) is 1. The van der Waals surface area contributed by atoms with Gasteiger partial charge in [-0.05, 0) is 26.0 Å². The van der Waals surface area contributed by atoms with Crippen molar-refractivity contribution in [3.05, 3.63) is 41.7 Å². The van der Waals surface area contributed by atoms with E-state index in [0.717, 1.165) is 11.3 Å². The predicted molar refractivity (Wildman–Crippen MR) is 75.3 cm³/mol.